The fraction of sp³-hybridized carbons (Fsp3) is 0.100. The van der Waals surface area contributed by atoms with Gasteiger partial charge in [-0.3, -0.25) is 4.68 Å². The lowest BCUT2D eigenvalue weighted by Crippen LogP contribution is -2.01. The summed E-state index contributed by atoms with van der Waals surface area (Å²) in [4.78, 5) is 7.63. The van der Waals surface area contributed by atoms with E-state index in [1.807, 2.05) is 7.05 Å². The van der Waals surface area contributed by atoms with Gasteiger partial charge in [0.25, 0.3) is 0 Å². The Bertz CT molecular complexity index is 554. The molecule has 0 saturated heterocycles. The van der Waals surface area contributed by atoms with E-state index < -0.39 is 0 Å². The molecule has 0 aliphatic heterocycles. The molecule has 0 radical (unpaired) electrons. The normalized spacial score (nSPS) is 9.56. The van der Waals surface area contributed by atoms with Crippen molar-refractivity contribution in [2.75, 3.05) is 11.5 Å². The third-order valence-electron chi connectivity index (χ3n) is 1.94. The summed E-state index contributed by atoms with van der Waals surface area (Å²) in [5, 5.41) is 4.11. The Kier molecular flexibility index (Phi) is 2.44. The summed E-state index contributed by atoms with van der Waals surface area (Å²) in [6.07, 6.45) is 3.11. The van der Waals surface area contributed by atoms with Crippen LogP contribution in [0.15, 0.2) is 18.6 Å². The highest BCUT2D eigenvalue weighted by Gasteiger charge is 2.02. The smallest absolute Gasteiger partial charge is 0.144 e. The maximum atomic E-state index is 5.63. The minimum absolute atomic E-state index is 0.274. The lowest BCUT2D eigenvalue weighted by atomic mass is 10.2. The van der Waals surface area contributed by atoms with Crippen molar-refractivity contribution >= 4 is 11.6 Å². The van der Waals surface area contributed by atoms with E-state index in [0.29, 0.717) is 11.3 Å². The Morgan fingerprint density at radius 3 is 2.44 bits per heavy atom. The molecule has 0 atom stereocenters. The Morgan fingerprint density at radius 1 is 1.19 bits per heavy atom. The maximum Gasteiger partial charge on any atom is 0.144 e. The molecule has 16 heavy (non-hydrogen) atoms. The summed E-state index contributed by atoms with van der Waals surface area (Å²) in [5.41, 5.74) is 12.3. The first-order valence-corrected chi connectivity index (χ1v) is 4.54. The molecule has 0 unspecified atom stereocenters. The Labute approximate surface area is 92.3 Å². The number of rotatable bonds is 0. The number of anilines is 2. The van der Waals surface area contributed by atoms with Crippen LogP contribution in [0.4, 0.5) is 11.6 Å². The second-order valence-corrected chi connectivity index (χ2v) is 3.14. The molecule has 0 saturated carbocycles. The molecule has 0 aromatic carbocycles. The molecular weight excluding hydrogens is 204 g/mol. The average Bonchev–Trinajstić information content (AvgIpc) is 2.63. The second kappa shape index (κ2) is 3.90. The van der Waals surface area contributed by atoms with Crippen LogP contribution < -0.4 is 11.5 Å². The summed E-state index contributed by atoms with van der Waals surface area (Å²) in [7, 11) is 1.82. The monoisotopic (exact) mass is 214 g/mol. The van der Waals surface area contributed by atoms with Gasteiger partial charge in [0, 0.05) is 13.2 Å². The van der Waals surface area contributed by atoms with Gasteiger partial charge in [-0.15, -0.1) is 0 Å². The van der Waals surface area contributed by atoms with Crippen LogP contribution in [0.25, 0.3) is 0 Å². The van der Waals surface area contributed by atoms with Crippen LogP contribution in [0.1, 0.15) is 11.3 Å². The number of nitrogens with two attached hydrogens (primary N) is 2. The van der Waals surface area contributed by atoms with Crippen LogP contribution in [0.5, 0.6) is 0 Å². The highest BCUT2D eigenvalue weighted by Crippen LogP contribution is 2.11. The fourth-order valence-electron chi connectivity index (χ4n) is 1.15. The molecule has 6 nitrogen and oxygen atoms in total. The molecule has 0 aliphatic rings. The standard InChI is InChI=1S/C10H10N6/c1-16-5-4-7(15-16)2-3-8-9(11)13-6-14-10(8)12/h4-6H,1H3,(H4,11,12,13,14). The molecule has 2 rings (SSSR count). The van der Waals surface area contributed by atoms with Gasteiger partial charge in [0.2, 0.25) is 0 Å². The Balaban J connectivity index is 2.38. The predicted octanol–water partition coefficient (Wildman–Crippen LogP) is -0.226. The minimum atomic E-state index is 0.274. The first-order chi connectivity index (χ1) is 7.66. The topological polar surface area (TPSA) is 95.6 Å². The number of aromatic nitrogens is 4. The second-order valence-electron chi connectivity index (χ2n) is 3.14. The van der Waals surface area contributed by atoms with Crippen molar-refractivity contribution < 1.29 is 0 Å². The number of hydrogen-bond acceptors (Lipinski definition) is 5. The molecule has 4 N–H and O–H groups in total. The molecule has 2 heterocycles. The molecule has 2 aromatic heterocycles. The van der Waals surface area contributed by atoms with Crippen LogP contribution in [0, 0.1) is 11.8 Å². The van der Waals surface area contributed by atoms with Gasteiger partial charge in [-0.25, -0.2) is 9.97 Å². The Morgan fingerprint density at radius 2 is 1.88 bits per heavy atom. The van der Waals surface area contributed by atoms with E-state index in [4.69, 9.17) is 11.5 Å². The van der Waals surface area contributed by atoms with Gasteiger partial charge in [-0.1, -0.05) is 5.92 Å². The molecule has 0 fully saturated rings. The highest BCUT2D eigenvalue weighted by molar-refractivity contribution is 5.62. The zero-order valence-corrected chi connectivity index (χ0v) is 8.68. The predicted molar refractivity (Wildman–Crippen MR) is 60.0 cm³/mol. The van der Waals surface area contributed by atoms with Gasteiger partial charge in [0.05, 0.1) is 0 Å². The zero-order chi connectivity index (χ0) is 11.5. The molecule has 0 aliphatic carbocycles. The van der Waals surface area contributed by atoms with E-state index in [-0.39, 0.29) is 11.6 Å². The van der Waals surface area contributed by atoms with Crippen molar-refractivity contribution in [2.45, 2.75) is 0 Å². The van der Waals surface area contributed by atoms with Crippen molar-refractivity contribution in [1.82, 2.24) is 19.7 Å². The molecule has 0 amide bonds. The van der Waals surface area contributed by atoms with Crippen molar-refractivity contribution in [3.63, 3.8) is 0 Å². The van der Waals surface area contributed by atoms with Crippen LogP contribution in [-0.2, 0) is 7.05 Å². The molecule has 80 valence electrons. The van der Waals surface area contributed by atoms with Crippen LogP contribution >= 0.6 is 0 Å². The average molecular weight is 214 g/mol. The summed E-state index contributed by atoms with van der Waals surface area (Å²) in [5.74, 6) is 6.20. The number of aryl methyl sites for hydroxylation is 1. The summed E-state index contributed by atoms with van der Waals surface area (Å²) in [6.45, 7) is 0. The Hall–Kier alpha value is -2.55. The molecule has 0 bridgehead atoms. The number of nitrogens with zero attached hydrogens (tertiary/aromatic N) is 4. The van der Waals surface area contributed by atoms with Gasteiger partial charge in [-0.05, 0) is 12.0 Å². The molecule has 6 heteroatoms. The lowest BCUT2D eigenvalue weighted by molar-refractivity contribution is 0.764. The first kappa shape index (κ1) is 9.98. The number of nitrogen functional groups attached to an aromatic ring is 2. The van der Waals surface area contributed by atoms with Crippen molar-refractivity contribution in [2.24, 2.45) is 7.05 Å². The maximum absolute atomic E-state index is 5.63. The fourth-order valence-corrected chi connectivity index (χ4v) is 1.15. The quantitative estimate of drug-likeness (QED) is 0.591. The van der Waals surface area contributed by atoms with Crippen molar-refractivity contribution in [3.05, 3.63) is 29.8 Å². The van der Waals surface area contributed by atoms with Gasteiger partial charge < -0.3 is 11.5 Å². The molecule has 2 aromatic rings. The van der Waals surface area contributed by atoms with E-state index in [0.717, 1.165) is 0 Å². The van der Waals surface area contributed by atoms with Gasteiger partial charge in [0.15, 0.2) is 0 Å². The van der Waals surface area contributed by atoms with Gasteiger partial charge in [0.1, 0.15) is 29.2 Å². The third kappa shape index (κ3) is 1.93. The van der Waals surface area contributed by atoms with Crippen LogP contribution in [-0.4, -0.2) is 19.7 Å². The lowest BCUT2D eigenvalue weighted by Gasteiger charge is -1.98. The van der Waals surface area contributed by atoms with E-state index >= 15 is 0 Å². The van der Waals surface area contributed by atoms with E-state index in [1.54, 1.807) is 16.9 Å². The van der Waals surface area contributed by atoms with Crippen molar-refractivity contribution in [1.29, 1.82) is 0 Å². The summed E-state index contributed by atoms with van der Waals surface area (Å²) < 4.78 is 1.66. The van der Waals surface area contributed by atoms with E-state index in [2.05, 4.69) is 26.9 Å². The molecular formula is C10H10N6. The van der Waals surface area contributed by atoms with Crippen LogP contribution in [0.3, 0.4) is 0 Å². The summed E-state index contributed by atoms with van der Waals surface area (Å²) in [6, 6.07) is 1.79. The van der Waals surface area contributed by atoms with Gasteiger partial charge in [-0.2, -0.15) is 5.10 Å². The minimum Gasteiger partial charge on any atom is -0.382 e. The van der Waals surface area contributed by atoms with E-state index in [9.17, 15) is 0 Å². The number of hydrogen-bond donors (Lipinski definition) is 2. The SMILES string of the molecule is Cn1ccc(C#Cc2c(N)ncnc2N)n1. The van der Waals surface area contributed by atoms with Gasteiger partial charge >= 0.3 is 0 Å². The first-order valence-electron chi connectivity index (χ1n) is 4.54. The van der Waals surface area contributed by atoms with Crippen molar-refractivity contribution in [3.8, 4) is 11.8 Å². The highest BCUT2D eigenvalue weighted by atomic mass is 15.2. The van der Waals surface area contributed by atoms with E-state index in [1.165, 1.54) is 6.33 Å². The largest absolute Gasteiger partial charge is 0.382 e. The van der Waals surface area contributed by atoms with Crippen LogP contribution in [0.2, 0.25) is 0 Å². The third-order valence-corrected chi connectivity index (χ3v) is 1.94. The zero-order valence-electron chi connectivity index (χ0n) is 8.68. The summed E-state index contributed by atoms with van der Waals surface area (Å²) >= 11 is 0. The molecule has 0 spiro atoms.